The minimum atomic E-state index is -3.81. The average Bonchev–Trinajstić information content (AvgIpc) is 3.29. The van der Waals surface area contributed by atoms with Crippen molar-refractivity contribution in [1.82, 2.24) is 0 Å². The zero-order chi connectivity index (χ0) is 24.0. The van der Waals surface area contributed by atoms with Crippen LogP contribution in [-0.4, -0.2) is 37.9 Å². The molecule has 10 nitrogen and oxygen atoms in total. The quantitative estimate of drug-likeness (QED) is 0.355. The van der Waals surface area contributed by atoms with E-state index in [9.17, 15) is 27.9 Å². The molecular weight excluding hydrogens is 470 g/mol. The van der Waals surface area contributed by atoms with Crippen molar-refractivity contribution in [2.75, 3.05) is 22.0 Å². The fourth-order valence-electron chi connectivity index (χ4n) is 2.64. The van der Waals surface area contributed by atoms with Crippen molar-refractivity contribution < 1.29 is 32.6 Å². The van der Waals surface area contributed by atoms with Gasteiger partial charge < -0.3 is 20.5 Å². The summed E-state index contributed by atoms with van der Waals surface area (Å²) in [7, 11) is -3.81. The van der Waals surface area contributed by atoms with E-state index in [2.05, 4.69) is 15.4 Å². The first-order valence-corrected chi connectivity index (χ1v) is 11.7. The Kier molecular flexibility index (Phi) is 7.30. The van der Waals surface area contributed by atoms with Crippen molar-refractivity contribution in [2.24, 2.45) is 0 Å². The molecule has 0 saturated heterocycles. The van der Waals surface area contributed by atoms with Gasteiger partial charge >= 0.3 is 5.97 Å². The first kappa shape index (κ1) is 23.8. The monoisotopic (exact) mass is 489 g/mol. The van der Waals surface area contributed by atoms with E-state index in [0.29, 0.717) is 11.4 Å². The van der Waals surface area contributed by atoms with Crippen molar-refractivity contribution in [1.29, 1.82) is 0 Å². The van der Waals surface area contributed by atoms with Crippen LogP contribution in [0.1, 0.15) is 17.3 Å². The molecule has 0 saturated carbocycles. The SMILES string of the molecule is CC(=O)Nc1ccc(NC(=O)COC(=O)c2ccc(NS(=O)(=O)c3cccs3)cc2O)cc1. The number of hydrogen-bond acceptors (Lipinski definition) is 8. The smallest absolute Gasteiger partial charge is 0.342 e. The maximum absolute atomic E-state index is 12.2. The fourth-order valence-corrected chi connectivity index (χ4v) is 4.68. The lowest BCUT2D eigenvalue weighted by Crippen LogP contribution is -2.21. The number of phenolic OH excluding ortho intramolecular Hbond substituents is 1. The van der Waals surface area contributed by atoms with Gasteiger partial charge in [0.1, 0.15) is 15.5 Å². The Bertz CT molecular complexity index is 1270. The standard InChI is InChI=1S/C21H19N3O7S2/c1-13(25)22-14-4-6-15(7-5-14)23-19(27)12-31-21(28)17-9-8-16(11-18(17)26)24-33(29,30)20-3-2-10-32-20/h2-11,24,26H,12H2,1H3,(H,22,25)(H,23,27). The molecule has 0 radical (unpaired) electrons. The summed E-state index contributed by atoms with van der Waals surface area (Å²) in [5, 5.41) is 16.8. The number of thiophene rings is 1. The summed E-state index contributed by atoms with van der Waals surface area (Å²) in [6.07, 6.45) is 0. The summed E-state index contributed by atoms with van der Waals surface area (Å²) in [6, 6.07) is 12.9. The minimum absolute atomic E-state index is 0.0536. The van der Waals surface area contributed by atoms with E-state index in [1.807, 2.05) is 0 Å². The zero-order valence-electron chi connectivity index (χ0n) is 17.2. The molecule has 0 fully saturated rings. The number of sulfonamides is 1. The molecule has 1 heterocycles. The second-order valence-corrected chi connectivity index (χ2v) is 9.51. The van der Waals surface area contributed by atoms with Crippen LogP contribution in [0.2, 0.25) is 0 Å². The lowest BCUT2D eigenvalue weighted by Gasteiger charge is -2.10. The molecule has 2 amide bonds. The van der Waals surface area contributed by atoms with Crippen molar-refractivity contribution in [3.63, 3.8) is 0 Å². The predicted molar refractivity (Wildman–Crippen MR) is 123 cm³/mol. The molecule has 12 heteroatoms. The molecule has 0 spiro atoms. The van der Waals surface area contributed by atoms with E-state index >= 15 is 0 Å². The largest absolute Gasteiger partial charge is 0.507 e. The Balaban J connectivity index is 1.55. The van der Waals surface area contributed by atoms with Crippen LogP contribution in [0, 0.1) is 0 Å². The van der Waals surface area contributed by atoms with Gasteiger partial charge in [-0.3, -0.25) is 14.3 Å². The summed E-state index contributed by atoms with van der Waals surface area (Å²) in [5.41, 5.74) is 0.804. The highest BCUT2D eigenvalue weighted by molar-refractivity contribution is 7.94. The summed E-state index contributed by atoms with van der Waals surface area (Å²) >= 11 is 1.03. The molecule has 0 aliphatic heterocycles. The van der Waals surface area contributed by atoms with Crippen LogP contribution in [-0.2, 0) is 24.3 Å². The third-order valence-electron chi connectivity index (χ3n) is 4.05. The molecule has 0 aliphatic carbocycles. The molecular formula is C21H19N3O7S2. The van der Waals surface area contributed by atoms with Gasteiger partial charge in [0.05, 0.1) is 5.69 Å². The number of rotatable bonds is 8. The van der Waals surface area contributed by atoms with Gasteiger partial charge in [0, 0.05) is 24.4 Å². The van der Waals surface area contributed by atoms with E-state index < -0.39 is 34.3 Å². The van der Waals surface area contributed by atoms with E-state index in [0.717, 1.165) is 17.4 Å². The molecule has 3 aromatic rings. The number of esters is 1. The van der Waals surface area contributed by atoms with E-state index in [1.54, 1.807) is 35.7 Å². The molecule has 0 atom stereocenters. The number of carbonyl (C=O) groups is 3. The Morgan fingerprint density at radius 2 is 1.61 bits per heavy atom. The van der Waals surface area contributed by atoms with Gasteiger partial charge in [-0.2, -0.15) is 0 Å². The summed E-state index contributed by atoms with van der Waals surface area (Å²) < 4.78 is 31.8. The maximum atomic E-state index is 12.2. The summed E-state index contributed by atoms with van der Waals surface area (Å²) in [4.78, 5) is 35.3. The number of anilines is 3. The molecule has 172 valence electrons. The Hall–Kier alpha value is -3.90. The first-order chi connectivity index (χ1) is 15.6. The lowest BCUT2D eigenvalue weighted by molar-refractivity contribution is -0.119. The molecule has 2 aromatic carbocycles. The zero-order valence-corrected chi connectivity index (χ0v) is 18.8. The van der Waals surface area contributed by atoms with E-state index in [4.69, 9.17) is 4.74 Å². The summed E-state index contributed by atoms with van der Waals surface area (Å²) in [6.45, 7) is 0.761. The second kappa shape index (κ2) is 10.1. The highest BCUT2D eigenvalue weighted by Crippen LogP contribution is 2.26. The topological polar surface area (TPSA) is 151 Å². The lowest BCUT2D eigenvalue weighted by atomic mass is 10.2. The highest BCUT2D eigenvalue weighted by Gasteiger charge is 2.19. The number of aromatic hydroxyl groups is 1. The van der Waals surface area contributed by atoms with Crippen molar-refractivity contribution in [2.45, 2.75) is 11.1 Å². The van der Waals surface area contributed by atoms with Crippen LogP contribution in [0.4, 0.5) is 17.1 Å². The van der Waals surface area contributed by atoms with E-state index in [1.165, 1.54) is 25.1 Å². The van der Waals surface area contributed by atoms with Crippen LogP contribution in [0.3, 0.4) is 0 Å². The van der Waals surface area contributed by atoms with Gasteiger partial charge in [-0.1, -0.05) is 6.07 Å². The van der Waals surface area contributed by atoms with Crippen molar-refractivity contribution in [3.05, 3.63) is 65.5 Å². The van der Waals surface area contributed by atoms with Gasteiger partial charge in [0.25, 0.3) is 15.9 Å². The number of nitrogens with one attached hydrogen (secondary N) is 3. The van der Waals surface area contributed by atoms with Crippen LogP contribution in [0.5, 0.6) is 5.75 Å². The Morgan fingerprint density at radius 1 is 0.970 bits per heavy atom. The van der Waals surface area contributed by atoms with Crippen molar-refractivity contribution in [3.8, 4) is 5.75 Å². The third kappa shape index (κ3) is 6.54. The number of hydrogen-bond donors (Lipinski definition) is 4. The van der Waals surface area contributed by atoms with Gasteiger partial charge in [-0.05, 0) is 47.8 Å². The van der Waals surface area contributed by atoms with Crippen molar-refractivity contribution >= 4 is 56.2 Å². The van der Waals surface area contributed by atoms with E-state index in [-0.39, 0.29) is 21.4 Å². The number of ether oxygens (including phenoxy) is 1. The first-order valence-electron chi connectivity index (χ1n) is 9.38. The predicted octanol–water partition coefficient (Wildman–Crippen LogP) is 3.01. The number of amides is 2. The summed E-state index contributed by atoms with van der Waals surface area (Å²) in [5.74, 6) is -2.32. The van der Waals surface area contributed by atoms with Crippen LogP contribution in [0.25, 0.3) is 0 Å². The molecule has 0 unspecified atom stereocenters. The average molecular weight is 490 g/mol. The molecule has 3 rings (SSSR count). The molecule has 0 aliphatic rings. The van der Waals surface area contributed by atoms with Gasteiger partial charge in [-0.15, -0.1) is 11.3 Å². The molecule has 4 N–H and O–H groups in total. The molecule has 1 aromatic heterocycles. The molecule has 0 bridgehead atoms. The second-order valence-electron chi connectivity index (χ2n) is 6.65. The number of phenols is 1. The van der Waals surface area contributed by atoms with Crippen LogP contribution >= 0.6 is 11.3 Å². The highest BCUT2D eigenvalue weighted by atomic mass is 32.2. The maximum Gasteiger partial charge on any atom is 0.342 e. The molecule has 33 heavy (non-hydrogen) atoms. The van der Waals surface area contributed by atoms with Gasteiger partial charge in [-0.25, -0.2) is 13.2 Å². The minimum Gasteiger partial charge on any atom is -0.507 e. The van der Waals surface area contributed by atoms with Gasteiger partial charge in [0.2, 0.25) is 5.91 Å². The normalized spacial score (nSPS) is 10.8. The number of benzene rings is 2. The van der Waals surface area contributed by atoms with Gasteiger partial charge in [0.15, 0.2) is 6.61 Å². The Labute approximate surface area is 193 Å². The Morgan fingerprint density at radius 3 is 2.18 bits per heavy atom. The number of carbonyl (C=O) groups excluding carboxylic acids is 3. The van der Waals surface area contributed by atoms with Crippen LogP contribution < -0.4 is 15.4 Å². The van der Waals surface area contributed by atoms with Crippen LogP contribution in [0.15, 0.2) is 64.2 Å². The third-order valence-corrected chi connectivity index (χ3v) is 6.83. The fraction of sp³-hybridized carbons (Fsp3) is 0.0952.